The van der Waals surface area contributed by atoms with Gasteiger partial charge in [0.25, 0.3) is 0 Å². The van der Waals surface area contributed by atoms with Crippen LogP contribution in [0, 0.1) is 23.5 Å². The molecule has 1 saturated carbocycles. The van der Waals surface area contributed by atoms with Crippen molar-refractivity contribution in [2.75, 3.05) is 13.2 Å². The molecule has 5 unspecified atom stereocenters. The minimum Gasteiger partial charge on any atom is -0.466 e. The monoisotopic (exact) mass is 356 g/mol. The van der Waals surface area contributed by atoms with E-state index in [1.165, 1.54) is 6.07 Å². The van der Waals surface area contributed by atoms with Gasteiger partial charge in [-0.3, -0.25) is 4.79 Å². The van der Waals surface area contributed by atoms with Crippen molar-refractivity contribution in [2.45, 2.75) is 37.6 Å². The number of aliphatic hydroxyl groups is 1. The van der Waals surface area contributed by atoms with Crippen LogP contribution in [0.25, 0.3) is 0 Å². The molecule has 2 heterocycles. The zero-order chi connectivity index (χ0) is 17.7. The number of ether oxygens (including phenoxy) is 4. The van der Waals surface area contributed by atoms with Gasteiger partial charge in [0.15, 0.2) is 6.29 Å². The molecule has 0 aromatic heterocycles. The summed E-state index contributed by atoms with van der Waals surface area (Å²) in [5, 5.41) is 10.6. The van der Waals surface area contributed by atoms with E-state index in [0.717, 1.165) is 12.1 Å². The largest absolute Gasteiger partial charge is 0.466 e. The number of hydrogen-bond acceptors (Lipinski definition) is 6. The van der Waals surface area contributed by atoms with Gasteiger partial charge in [-0.1, -0.05) is 0 Å². The minimum atomic E-state index is -1.07. The summed E-state index contributed by atoms with van der Waals surface area (Å²) in [5.74, 6) is -2.82. The Bertz CT molecular complexity index is 683. The summed E-state index contributed by atoms with van der Waals surface area (Å²) in [4.78, 5) is 11.9. The molecule has 0 radical (unpaired) electrons. The average molecular weight is 356 g/mol. The Morgan fingerprint density at radius 1 is 1.32 bits per heavy atom. The quantitative estimate of drug-likeness (QED) is 0.824. The summed E-state index contributed by atoms with van der Waals surface area (Å²) in [5.41, 5.74) is 0.0481. The van der Waals surface area contributed by atoms with Gasteiger partial charge in [-0.2, -0.15) is 0 Å². The Morgan fingerprint density at radius 2 is 2.12 bits per heavy atom. The van der Waals surface area contributed by atoms with Crippen LogP contribution in [0.1, 0.15) is 18.8 Å². The fourth-order valence-corrected chi connectivity index (χ4v) is 3.66. The van der Waals surface area contributed by atoms with Gasteiger partial charge in [0.2, 0.25) is 0 Å². The van der Waals surface area contributed by atoms with Crippen molar-refractivity contribution >= 4 is 5.97 Å². The van der Waals surface area contributed by atoms with Crippen molar-refractivity contribution < 1.29 is 37.6 Å². The predicted octanol–water partition coefficient (Wildman–Crippen LogP) is 1.32. The Morgan fingerprint density at radius 3 is 2.84 bits per heavy atom. The first-order valence-electron chi connectivity index (χ1n) is 8.23. The smallest absolute Gasteiger partial charge is 0.312 e. The number of rotatable bonds is 3. The van der Waals surface area contributed by atoms with Gasteiger partial charge in [-0.25, -0.2) is 8.78 Å². The third-order valence-corrected chi connectivity index (χ3v) is 4.90. The lowest BCUT2D eigenvalue weighted by Crippen LogP contribution is -2.53. The fraction of sp³-hybridized carbons (Fsp3) is 0.588. The van der Waals surface area contributed by atoms with Crippen LogP contribution in [0.2, 0.25) is 0 Å². The van der Waals surface area contributed by atoms with Crippen molar-refractivity contribution in [3.05, 3.63) is 35.4 Å². The summed E-state index contributed by atoms with van der Waals surface area (Å²) in [6.45, 7) is 2.03. The highest BCUT2D eigenvalue weighted by molar-refractivity contribution is 5.77. The van der Waals surface area contributed by atoms with Gasteiger partial charge < -0.3 is 24.1 Å². The third-order valence-electron chi connectivity index (χ3n) is 4.90. The molecular formula is C17H18F2O6. The van der Waals surface area contributed by atoms with Crippen LogP contribution in [0.5, 0.6) is 0 Å². The molecule has 3 fully saturated rings. The van der Waals surface area contributed by atoms with Crippen molar-refractivity contribution in [1.82, 2.24) is 0 Å². The first-order valence-corrected chi connectivity index (χ1v) is 8.23. The zero-order valence-electron chi connectivity index (χ0n) is 13.4. The highest BCUT2D eigenvalue weighted by atomic mass is 19.1. The van der Waals surface area contributed by atoms with E-state index >= 15 is 0 Å². The van der Waals surface area contributed by atoms with Gasteiger partial charge in [0.1, 0.15) is 23.8 Å². The number of halogens is 2. The molecule has 2 aliphatic heterocycles. The topological polar surface area (TPSA) is 74.2 Å². The van der Waals surface area contributed by atoms with Crippen LogP contribution < -0.4 is 0 Å². The summed E-state index contributed by atoms with van der Waals surface area (Å²) < 4.78 is 48.9. The van der Waals surface area contributed by atoms with Crippen LogP contribution in [0.4, 0.5) is 8.78 Å². The van der Waals surface area contributed by atoms with Crippen molar-refractivity contribution in [2.24, 2.45) is 11.8 Å². The molecule has 0 spiro atoms. The van der Waals surface area contributed by atoms with Gasteiger partial charge in [-0.15, -0.1) is 0 Å². The van der Waals surface area contributed by atoms with Gasteiger partial charge >= 0.3 is 5.97 Å². The molecule has 3 aliphatic rings. The number of hydrogen-bond donors (Lipinski definition) is 1. The molecule has 136 valence electrons. The summed E-state index contributed by atoms with van der Waals surface area (Å²) in [6, 6.07) is 3.10. The molecule has 6 nitrogen and oxygen atoms in total. The normalized spacial score (nSPS) is 39.3. The molecule has 1 N–H and O–H groups in total. The van der Waals surface area contributed by atoms with E-state index in [4.69, 9.17) is 18.9 Å². The van der Waals surface area contributed by atoms with Gasteiger partial charge in [0, 0.05) is 17.5 Å². The molecule has 1 aromatic carbocycles. The van der Waals surface area contributed by atoms with Crippen molar-refractivity contribution in [1.29, 1.82) is 0 Å². The SMILES string of the molecule is CCOC(=O)[C@@H]1C2OC3COC(c4ccc(F)cc4F)OC3[C@H](O)C21. The van der Waals surface area contributed by atoms with Gasteiger partial charge in [0.05, 0.1) is 31.3 Å². The van der Waals surface area contributed by atoms with E-state index < -0.39 is 60.1 Å². The van der Waals surface area contributed by atoms with Crippen molar-refractivity contribution in [3.63, 3.8) is 0 Å². The van der Waals surface area contributed by atoms with Gasteiger partial charge in [-0.05, 0) is 19.1 Å². The van der Waals surface area contributed by atoms with E-state index in [-0.39, 0.29) is 18.8 Å². The lowest BCUT2D eigenvalue weighted by Gasteiger charge is -2.41. The number of fused-ring (bicyclic) bond motifs is 2. The van der Waals surface area contributed by atoms with E-state index in [2.05, 4.69) is 0 Å². The second-order valence-electron chi connectivity index (χ2n) is 6.42. The summed E-state index contributed by atoms with van der Waals surface area (Å²) >= 11 is 0. The van der Waals surface area contributed by atoms with E-state index in [1.54, 1.807) is 6.92 Å². The second kappa shape index (κ2) is 6.28. The standard InChI is InChI=1S/C17H18F2O6/c1-2-22-16(21)12-11-13(20)14-10(24-15(11)12)6-23-17(25-14)8-4-3-7(18)5-9(8)19/h3-5,10-15,17,20H,2,6H2,1H3/t10?,11?,12-,13+,14?,15?,17?/m0/s1. The molecule has 2 saturated heterocycles. The third kappa shape index (κ3) is 2.83. The average Bonchev–Trinajstić information content (AvgIpc) is 3.30. The maximum Gasteiger partial charge on any atom is 0.312 e. The fourth-order valence-electron chi connectivity index (χ4n) is 3.66. The molecular weight excluding hydrogens is 338 g/mol. The Balaban J connectivity index is 1.49. The highest BCUT2D eigenvalue weighted by Gasteiger charge is 2.67. The molecule has 25 heavy (non-hydrogen) atoms. The van der Waals surface area contributed by atoms with Crippen LogP contribution in [-0.4, -0.2) is 48.7 Å². The predicted molar refractivity (Wildman–Crippen MR) is 78.2 cm³/mol. The van der Waals surface area contributed by atoms with Crippen LogP contribution in [-0.2, 0) is 23.7 Å². The maximum absolute atomic E-state index is 13.9. The number of benzene rings is 1. The summed E-state index contributed by atoms with van der Waals surface area (Å²) in [7, 11) is 0. The Hall–Kier alpha value is -1.61. The molecule has 1 aromatic rings. The molecule has 7 atom stereocenters. The Kier molecular flexibility index (Phi) is 4.23. The number of esters is 1. The number of carbonyl (C=O) groups is 1. The van der Waals surface area contributed by atoms with Crippen LogP contribution in [0.3, 0.4) is 0 Å². The maximum atomic E-state index is 13.9. The molecule has 1 aliphatic carbocycles. The van der Waals surface area contributed by atoms with Crippen LogP contribution >= 0.6 is 0 Å². The van der Waals surface area contributed by atoms with Crippen LogP contribution in [0.15, 0.2) is 18.2 Å². The van der Waals surface area contributed by atoms with E-state index in [1.807, 2.05) is 0 Å². The van der Waals surface area contributed by atoms with E-state index in [9.17, 15) is 18.7 Å². The molecule has 8 heteroatoms. The number of aliphatic hydroxyl groups excluding tert-OH is 1. The van der Waals surface area contributed by atoms with Crippen molar-refractivity contribution in [3.8, 4) is 0 Å². The molecule has 0 bridgehead atoms. The molecule has 0 amide bonds. The summed E-state index contributed by atoms with van der Waals surface area (Å²) in [6.07, 6.45) is -3.76. The minimum absolute atomic E-state index is 0.0481. The first kappa shape index (κ1) is 16.8. The second-order valence-corrected chi connectivity index (χ2v) is 6.42. The number of carbonyl (C=O) groups excluding carboxylic acids is 1. The highest BCUT2D eigenvalue weighted by Crippen LogP contribution is 2.52. The Labute approximate surface area is 142 Å². The molecule has 4 rings (SSSR count). The van der Waals surface area contributed by atoms with E-state index in [0.29, 0.717) is 0 Å². The lowest BCUT2D eigenvalue weighted by molar-refractivity contribution is -0.301. The zero-order valence-corrected chi connectivity index (χ0v) is 13.4. The lowest BCUT2D eigenvalue weighted by atomic mass is 9.99. The first-order chi connectivity index (χ1) is 12.0.